The lowest BCUT2D eigenvalue weighted by Gasteiger charge is -2.39. The Hall–Kier alpha value is -0.910. The van der Waals surface area contributed by atoms with E-state index in [0.29, 0.717) is 0 Å². The summed E-state index contributed by atoms with van der Waals surface area (Å²) in [6.45, 7) is 3.94. The van der Waals surface area contributed by atoms with Crippen LogP contribution in [0.4, 0.5) is 0 Å². The maximum absolute atomic E-state index is 11.2. The van der Waals surface area contributed by atoms with Crippen LogP contribution in [0.2, 0.25) is 0 Å². The molecule has 0 aromatic carbocycles. The number of likely N-dealkylation sites (tertiary alicyclic amines) is 1. The van der Waals surface area contributed by atoms with Crippen LogP contribution in [0, 0.1) is 5.92 Å². The number of primary amides is 1. The van der Waals surface area contributed by atoms with Crippen LogP contribution in [0.15, 0.2) is 17.5 Å². The molecule has 2 rings (SSSR count). The average molecular weight is 281 g/mol. The number of nitrogens with zero attached hydrogens (tertiary/aromatic N) is 1. The number of piperidine rings is 1. The average Bonchev–Trinajstić information content (AvgIpc) is 2.93. The first-order valence-electron chi connectivity index (χ1n) is 6.95. The molecular formula is C14H23N3OS. The number of amides is 1. The van der Waals surface area contributed by atoms with Gasteiger partial charge in [0.2, 0.25) is 5.91 Å². The maximum atomic E-state index is 11.2. The van der Waals surface area contributed by atoms with Crippen LogP contribution in [0.1, 0.15) is 37.1 Å². The topological polar surface area (TPSA) is 72.3 Å². The van der Waals surface area contributed by atoms with E-state index in [0.717, 1.165) is 32.4 Å². The van der Waals surface area contributed by atoms with Gasteiger partial charge in [-0.25, -0.2) is 0 Å². The van der Waals surface area contributed by atoms with Gasteiger partial charge in [-0.3, -0.25) is 9.69 Å². The SMILES string of the molecule is CCC(N)C(c1cccs1)N1CCC(C(N)=O)CC1. The normalized spacial score (nSPS) is 21.2. The van der Waals surface area contributed by atoms with Crippen molar-refractivity contribution in [3.63, 3.8) is 0 Å². The van der Waals surface area contributed by atoms with Gasteiger partial charge in [-0.05, 0) is 43.8 Å². The molecule has 1 amide bonds. The van der Waals surface area contributed by atoms with E-state index in [-0.39, 0.29) is 23.9 Å². The minimum absolute atomic E-state index is 0.0399. The maximum Gasteiger partial charge on any atom is 0.220 e. The van der Waals surface area contributed by atoms with E-state index in [1.807, 2.05) is 0 Å². The van der Waals surface area contributed by atoms with Gasteiger partial charge in [0.15, 0.2) is 0 Å². The summed E-state index contributed by atoms with van der Waals surface area (Å²) in [6, 6.07) is 4.65. The van der Waals surface area contributed by atoms with Gasteiger partial charge in [0.05, 0.1) is 6.04 Å². The first-order valence-corrected chi connectivity index (χ1v) is 7.83. The first kappa shape index (κ1) is 14.5. The summed E-state index contributed by atoms with van der Waals surface area (Å²) in [5, 5.41) is 2.10. The highest BCUT2D eigenvalue weighted by molar-refractivity contribution is 7.10. The summed E-state index contributed by atoms with van der Waals surface area (Å²) in [5.74, 6) is -0.120. The Balaban J connectivity index is 2.07. The smallest absolute Gasteiger partial charge is 0.220 e. The van der Waals surface area contributed by atoms with E-state index in [2.05, 4.69) is 29.3 Å². The summed E-state index contributed by atoms with van der Waals surface area (Å²) >= 11 is 1.76. The van der Waals surface area contributed by atoms with Gasteiger partial charge in [0, 0.05) is 16.8 Å². The van der Waals surface area contributed by atoms with E-state index in [1.54, 1.807) is 11.3 Å². The zero-order valence-corrected chi connectivity index (χ0v) is 12.2. The zero-order valence-electron chi connectivity index (χ0n) is 11.4. The monoisotopic (exact) mass is 281 g/mol. The van der Waals surface area contributed by atoms with Crippen molar-refractivity contribution in [2.75, 3.05) is 13.1 Å². The van der Waals surface area contributed by atoms with Crippen LogP contribution < -0.4 is 11.5 Å². The minimum Gasteiger partial charge on any atom is -0.369 e. The molecule has 0 radical (unpaired) electrons. The predicted octanol–water partition coefficient (Wildman–Crippen LogP) is 1.72. The van der Waals surface area contributed by atoms with Crippen molar-refractivity contribution in [2.24, 2.45) is 17.4 Å². The molecule has 0 bridgehead atoms. The molecule has 1 saturated heterocycles. The Morgan fingerprint density at radius 1 is 1.53 bits per heavy atom. The molecule has 2 atom stereocenters. The largest absolute Gasteiger partial charge is 0.369 e. The molecule has 1 aliphatic rings. The van der Waals surface area contributed by atoms with Gasteiger partial charge in [0.1, 0.15) is 0 Å². The minimum atomic E-state index is -0.160. The van der Waals surface area contributed by atoms with Crippen LogP contribution in [0.3, 0.4) is 0 Å². The van der Waals surface area contributed by atoms with E-state index in [9.17, 15) is 4.79 Å². The molecule has 106 valence electrons. The third-order valence-corrected chi connectivity index (χ3v) is 4.98. The molecule has 19 heavy (non-hydrogen) atoms. The van der Waals surface area contributed by atoms with Crippen molar-refractivity contribution < 1.29 is 4.79 Å². The van der Waals surface area contributed by atoms with Crippen molar-refractivity contribution in [1.29, 1.82) is 0 Å². The van der Waals surface area contributed by atoms with Crippen molar-refractivity contribution in [3.8, 4) is 0 Å². The van der Waals surface area contributed by atoms with E-state index < -0.39 is 0 Å². The van der Waals surface area contributed by atoms with Crippen LogP contribution in [-0.4, -0.2) is 29.9 Å². The number of hydrogen-bond donors (Lipinski definition) is 2. The van der Waals surface area contributed by atoms with Crippen LogP contribution in [-0.2, 0) is 4.79 Å². The highest BCUT2D eigenvalue weighted by atomic mass is 32.1. The van der Waals surface area contributed by atoms with Gasteiger partial charge in [0.25, 0.3) is 0 Å². The molecule has 5 heteroatoms. The summed E-state index contributed by atoms with van der Waals surface area (Å²) in [5.41, 5.74) is 11.7. The number of hydrogen-bond acceptors (Lipinski definition) is 4. The highest BCUT2D eigenvalue weighted by Gasteiger charge is 2.31. The second kappa shape index (κ2) is 6.50. The summed E-state index contributed by atoms with van der Waals surface area (Å²) in [6.07, 6.45) is 2.67. The van der Waals surface area contributed by atoms with Crippen molar-refractivity contribution in [1.82, 2.24) is 4.90 Å². The fourth-order valence-corrected chi connectivity index (χ4v) is 3.74. The molecule has 0 aliphatic carbocycles. The fraction of sp³-hybridized carbons (Fsp3) is 0.643. The molecule has 1 aliphatic heterocycles. The number of carbonyl (C=O) groups is 1. The fourth-order valence-electron chi connectivity index (χ4n) is 2.81. The standard InChI is InChI=1S/C14H23N3OS/c1-2-11(15)13(12-4-3-9-19-12)17-7-5-10(6-8-17)14(16)18/h3-4,9-11,13H,2,5-8,15H2,1H3,(H2,16,18). The van der Waals surface area contributed by atoms with Crippen molar-refractivity contribution >= 4 is 17.2 Å². The van der Waals surface area contributed by atoms with Crippen molar-refractivity contribution in [3.05, 3.63) is 22.4 Å². The summed E-state index contributed by atoms with van der Waals surface area (Å²) in [4.78, 5) is 15.0. The second-order valence-corrected chi connectivity index (χ2v) is 6.22. The molecule has 1 fully saturated rings. The predicted molar refractivity (Wildman–Crippen MR) is 78.8 cm³/mol. The molecule has 0 spiro atoms. The summed E-state index contributed by atoms with van der Waals surface area (Å²) in [7, 11) is 0. The molecule has 0 saturated carbocycles. The number of carbonyl (C=O) groups excluding carboxylic acids is 1. The number of nitrogens with two attached hydrogens (primary N) is 2. The number of thiophene rings is 1. The third kappa shape index (κ3) is 3.35. The molecule has 1 aromatic rings. The lowest BCUT2D eigenvalue weighted by molar-refractivity contribution is -0.123. The number of rotatable bonds is 5. The van der Waals surface area contributed by atoms with Crippen LogP contribution >= 0.6 is 11.3 Å². The molecule has 4 N–H and O–H groups in total. The van der Waals surface area contributed by atoms with E-state index in [4.69, 9.17) is 11.5 Å². The Bertz CT molecular complexity index is 399. The van der Waals surface area contributed by atoms with Gasteiger partial charge in [-0.2, -0.15) is 0 Å². The molecule has 4 nitrogen and oxygen atoms in total. The molecule has 2 heterocycles. The Kier molecular flexibility index (Phi) is 4.96. The Morgan fingerprint density at radius 3 is 2.68 bits per heavy atom. The van der Waals surface area contributed by atoms with Crippen LogP contribution in [0.5, 0.6) is 0 Å². The molecule has 1 aromatic heterocycles. The first-order chi connectivity index (χ1) is 9.13. The van der Waals surface area contributed by atoms with Gasteiger partial charge >= 0.3 is 0 Å². The van der Waals surface area contributed by atoms with Gasteiger partial charge in [-0.15, -0.1) is 11.3 Å². The Morgan fingerprint density at radius 2 is 2.21 bits per heavy atom. The lowest BCUT2D eigenvalue weighted by atomic mass is 9.93. The van der Waals surface area contributed by atoms with Gasteiger partial charge in [-0.1, -0.05) is 13.0 Å². The van der Waals surface area contributed by atoms with Crippen LogP contribution in [0.25, 0.3) is 0 Å². The highest BCUT2D eigenvalue weighted by Crippen LogP contribution is 2.32. The second-order valence-electron chi connectivity index (χ2n) is 5.24. The third-order valence-electron chi connectivity index (χ3n) is 4.04. The van der Waals surface area contributed by atoms with Crippen molar-refractivity contribution in [2.45, 2.75) is 38.3 Å². The van der Waals surface area contributed by atoms with E-state index in [1.165, 1.54) is 4.88 Å². The summed E-state index contributed by atoms with van der Waals surface area (Å²) < 4.78 is 0. The quantitative estimate of drug-likeness (QED) is 0.863. The zero-order chi connectivity index (χ0) is 13.8. The molecular weight excluding hydrogens is 258 g/mol. The Labute approximate surface area is 118 Å². The lowest BCUT2D eigenvalue weighted by Crippen LogP contribution is -2.46. The van der Waals surface area contributed by atoms with Gasteiger partial charge < -0.3 is 11.5 Å². The van der Waals surface area contributed by atoms with E-state index >= 15 is 0 Å². The molecule has 2 unspecified atom stereocenters.